The van der Waals surface area contributed by atoms with Gasteiger partial charge in [0.25, 0.3) is 11.5 Å². The minimum atomic E-state index is -4.89. The molecule has 3 aromatic heterocycles. The zero-order valence-corrected chi connectivity index (χ0v) is 33.5. The summed E-state index contributed by atoms with van der Waals surface area (Å²) in [6.07, 6.45) is 5.88. The molecule has 5 heterocycles. The van der Waals surface area contributed by atoms with Crippen molar-refractivity contribution in [2.45, 2.75) is 48.7 Å². The number of hydrogen-bond acceptors (Lipinski definition) is 15. The lowest BCUT2D eigenvalue weighted by Crippen LogP contribution is -2.46. The number of benzene rings is 1. The molecule has 0 radical (unpaired) electrons. The number of hydrogen-bond donors (Lipinski definition) is 4. The summed E-state index contributed by atoms with van der Waals surface area (Å²) in [6, 6.07) is 8.72. The summed E-state index contributed by atoms with van der Waals surface area (Å²) >= 11 is 1.59. The molecule has 3 atom stereocenters. The van der Waals surface area contributed by atoms with E-state index >= 15 is 0 Å². The summed E-state index contributed by atoms with van der Waals surface area (Å²) in [5.41, 5.74) is 7.74. The zero-order valence-electron chi connectivity index (χ0n) is 31.9. The highest BCUT2D eigenvalue weighted by Crippen LogP contribution is 2.28. The molecule has 17 nitrogen and oxygen atoms in total. The minimum absolute atomic E-state index is 0.118. The normalized spacial score (nSPS) is 18.7. The van der Waals surface area contributed by atoms with E-state index in [-0.39, 0.29) is 49.1 Å². The first-order valence-corrected chi connectivity index (χ1v) is 21.3. The average Bonchev–Trinajstić information content (AvgIpc) is 3.90. The number of nitrogens with one attached hydrogen (secondary N) is 3. The number of likely N-dealkylation sites (tertiary alicyclic amines) is 2. The van der Waals surface area contributed by atoms with Crippen LogP contribution in [0.2, 0.25) is 0 Å². The molecule has 2 fully saturated rings. The summed E-state index contributed by atoms with van der Waals surface area (Å²) < 4.78 is 52.1. The van der Waals surface area contributed by atoms with Gasteiger partial charge < -0.3 is 40.5 Å². The third-order valence-electron chi connectivity index (χ3n) is 9.65. The molecule has 2 aliphatic heterocycles. The van der Waals surface area contributed by atoms with E-state index in [4.69, 9.17) is 19.9 Å². The molecule has 1 unspecified atom stereocenters. The molecule has 0 bridgehead atoms. The number of ether oxygens (including phenoxy) is 3. The van der Waals surface area contributed by atoms with Crippen LogP contribution >= 0.6 is 11.3 Å². The predicted molar refractivity (Wildman–Crippen MR) is 214 cm³/mol. The Balaban J connectivity index is 0.785. The third kappa shape index (κ3) is 12.4. The van der Waals surface area contributed by atoms with Crippen molar-refractivity contribution in [3.8, 4) is 10.6 Å². The van der Waals surface area contributed by atoms with Gasteiger partial charge in [-0.15, -0.1) is 15.2 Å². The van der Waals surface area contributed by atoms with E-state index in [0.29, 0.717) is 52.1 Å². The predicted octanol–water partition coefficient (Wildman–Crippen LogP) is 2.15. The van der Waals surface area contributed by atoms with Gasteiger partial charge in [0.05, 0.1) is 55.1 Å². The van der Waals surface area contributed by atoms with E-state index in [2.05, 4.69) is 35.5 Å². The summed E-state index contributed by atoms with van der Waals surface area (Å²) in [5, 5.41) is 7.90. The maximum absolute atomic E-state index is 13.2. The number of piperidine rings is 1. The van der Waals surface area contributed by atoms with Crippen LogP contribution in [0.1, 0.15) is 46.9 Å². The molecule has 6 rings (SSSR count). The van der Waals surface area contributed by atoms with Gasteiger partial charge in [-0.1, -0.05) is 6.07 Å². The zero-order chi connectivity index (χ0) is 40.9. The van der Waals surface area contributed by atoms with Gasteiger partial charge in [-0.2, -0.15) is 13.4 Å². The van der Waals surface area contributed by atoms with E-state index in [1.165, 1.54) is 17.0 Å². The van der Waals surface area contributed by atoms with Crippen molar-refractivity contribution in [2.24, 2.45) is 5.73 Å². The van der Waals surface area contributed by atoms with Crippen LogP contribution in [0, 0.1) is 0 Å². The molecule has 58 heavy (non-hydrogen) atoms. The molecule has 5 N–H and O–H groups in total. The van der Waals surface area contributed by atoms with E-state index in [0.717, 1.165) is 60.0 Å². The molecule has 2 amide bonds. The Bertz CT molecular complexity index is 2110. The monoisotopic (exact) mass is 841 g/mol. The maximum atomic E-state index is 13.2. The van der Waals surface area contributed by atoms with E-state index in [1.807, 2.05) is 29.9 Å². The summed E-state index contributed by atoms with van der Waals surface area (Å²) in [5.74, 6) is 0.508. The second-order valence-electron chi connectivity index (χ2n) is 14.0. The smallest absolute Gasteiger partial charge is 0.332 e. The molecular formula is C38H48FN9O8S2. The first-order valence-electron chi connectivity index (χ1n) is 19.1. The van der Waals surface area contributed by atoms with Gasteiger partial charge in [0.1, 0.15) is 11.9 Å². The van der Waals surface area contributed by atoms with Crippen LogP contribution in [0.4, 0.5) is 9.83 Å². The molecule has 20 heteroatoms. The van der Waals surface area contributed by atoms with Gasteiger partial charge in [0, 0.05) is 74.3 Å². The first-order chi connectivity index (χ1) is 28.0. The number of amides is 2. The number of halogens is 1. The lowest BCUT2D eigenvalue weighted by molar-refractivity contribution is -0.125. The van der Waals surface area contributed by atoms with Crippen molar-refractivity contribution in [1.29, 1.82) is 0 Å². The fourth-order valence-electron chi connectivity index (χ4n) is 6.85. The van der Waals surface area contributed by atoms with Gasteiger partial charge in [-0.3, -0.25) is 19.3 Å². The van der Waals surface area contributed by atoms with Gasteiger partial charge in [0.2, 0.25) is 11.9 Å². The molecule has 2 aliphatic rings. The van der Waals surface area contributed by atoms with Crippen LogP contribution in [0.5, 0.6) is 0 Å². The summed E-state index contributed by atoms with van der Waals surface area (Å²) in [4.78, 5) is 59.0. The van der Waals surface area contributed by atoms with E-state index in [9.17, 15) is 26.7 Å². The van der Waals surface area contributed by atoms with Crippen molar-refractivity contribution >= 4 is 39.3 Å². The highest BCUT2D eigenvalue weighted by Gasteiger charge is 2.38. The summed E-state index contributed by atoms with van der Waals surface area (Å²) in [7, 11) is -4.89. The lowest BCUT2D eigenvalue weighted by Gasteiger charge is -2.32. The van der Waals surface area contributed by atoms with Crippen LogP contribution in [-0.4, -0.2) is 134 Å². The van der Waals surface area contributed by atoms with Crippen LogP contribution in [0.15, 0.2) is 69.9 Å². The Kier molecular flexibility index (Phi) is 15.4. The molecule has 312 valence electrons. The average molecular weight is 842 g/mol. The van der Waals surface area contributed by atoms with Crippen molar-refractivity contribution in [1.82, 2.24) is 35.1 Å². The Morgan fingerprint density at radius 2 is 1.69 bits per heavy atom. The van der Waals surface area contributed by atoms with Gasteiger partial charge in [-0.05, 0) is 61.5 Å². The minimum Gasteiger partial charge on any atom is -0.377 e. The number of nitrogens with two attached hydrogens (primary N) is 1. The standard InChI is InChI=1S/C38H48FN9O8S2/c39-58(52,53)30-7-5-27(6-8-30)37(51)48-25-29(40)19-32(48)36(50)41-9-12-54-14-16-56-17-15-55-13-10-42-38-43-21-26(22-44-38)23-47-11-1-3-28(24-47)35-45-31(20-34(49)46-35)33-4-2-18-57-33/h2,4-8,18,20-22,28-29,32H,1,3,9-17,19,23-25,40H2,(H,41,50)(H,42,43,44)(H,45,46,49)/t28?,29-,32-/m0/s1. The molecule has 4 aromatic rings. The Labute approximate surface area is 339 Å². The maximum Gasteiger partial charge on any atom is 0.332 e. The number of aromatic nitrogens is 4. The summed E-state index contributed by atoms with van der Waals surface area (Å²) in [6.45, 7) is 5.44. The van der Waals surface area contributed by atoms with Crippen molar-refractivity contribution in [2.75, 3.05) is 77.7 Å². The Morgan fingerprint density at radius 1 is 0.983 bits per heavy atom. The first kappa shape index (κ1) is 42.9. The number of H-pyrrole nitrogens is 1. The number of anilines is 1. The number of thiophene rings is 1. The van der Waals surface area contributed by atoms with Gasteiger partial charge in [0.15, 0.2) is 0 Å². The molecule has 0 saturated carbocycles. The molecule has 0 aliphatic carbocycles. The van der Waals surface area contributed by atoms with Crippen molar-refractivity contribution in [3.63, 3.8) is 0 Å². The SMILES string of the molecule is N[C@H]1C[C@@H](C(=O)NCCOCCOCCOCCNc2ncc(CN3CCCC(c4nc(=O)cc(-c5cccs5)[nH]4)C3)cn2)N(C(=O)c2ccc(S(=O)(=O)F)cc2)C1. The lowest BCUT2D eigenvalue weighted by atomic mass is 9.96. The van der Waals surface area contributed by atoms with Crippen LogP contribution < -0.4 is 21.9 Å². The fraction of sp³-hybridized carbons (Fsp3) is 0.474. The topological polar surface area (TPSA) is 224 Å². The van der Waals surface area contributed by atoms with Gasteiger partial charge in [-0.25, -0.2) is 9.97 Å². The van der Waals surface area contributed by atoms with Crippen LogP contribution in [0.25, 0.3) is 10.6 Å². The largest absolute Gasteiger partial charge is 0.377 e. The van der Waals surface area contributed by atoms with Crippen LogP contribution in [-0.2, 0) is 35.8 Å². The Hall–Kier alpha value is -4.70. The molecule has 1 aromatic carbocycles. The molecule has 0 spiro atoms. The number of aromatic amines is 1. The number of carbonyl (C=O) groups excluding carboxylic acids is 2. The van der Waals surface area contributed by atoms with Crippen LogP contribution in [0.3, 0.4) is 0 Å². The fourth-order valence-corrected chi connectivity index (χ4v) is 8.01. The van der Waals surface area contributed by atoms with E-state index in [1.54, 1.807) is 17.4 Å². The second-order valence-corrected chi connectivity index (χ2v) is 16.3. The number of rotatable bonds is 20. The number of carbonyl (C=O) groups is 2. The number of nitrogens with zero attached hydrogens (tertiary/aromatic N) is 5. The molecule has 2 saturated heterocycles. The highest BCUT2D eigenvalue weighted by atomic mass is 32.3. The third-order valence-corrected chi connectivity index (χ3v) is 11.4. The Morgan fingerprint density at radius 3 is 2.38 bits per heavy atom. The second kappa shape index (κ2) is 20.8. The molecular weight excluding hydrogens is 794 g/mol. The van der Waals surface area contributed by atoms with E-state index < -0.39 is 33.1 Å². The quantitative estimate of drug-likeness (QED) is 0.0740. The highest BCUT2D eigenvalue weighted by molar-refractivity contribution is 7.86. The van der Waals surface area contributed by atoms with Crippen molar-refractivity contribution in [3.05, 3.63) is 87.5 Å². The van der Waals surface area contributed by atoms with Gasteiger partial charge >= 0.3 is 10.2 Å². The van der Waals surface area contributed by atoms with Crippen molar-refractivity contribution < 1.29 is 36.1 Å².